The molecule has 0 unspecified atom stereocenters. The van der Waals surface area contributed by atoms with Gasteiger partial charge in [-0.25, -0.2) is 0 Å². The van der Waals surface area contributed by atoms with E-state index in [1.807, 2.05) is 60.7 Å². The number of phenolic OH excluding ortho intramolecular Hbond substituents is 9. The second-order valence-corrected chi connectivity index (χ2v) is 25.9. The largest absolute Gasteiger partial charge is 0.508 e. The smallest absolute Gasteiger partial charge is 0.187 e. The zero-order valence-electron chi connectivity index (χ0n) is 63.6. The Hall–Kier alpha value is -15.3. The highest BCUT2D eigenvalue weighted by atomic mass is 16.5. The molecule has 8 aromatic rings. The Morgan fingerprint density at radius 3 is 0.897 bits per heavy atom. The third kappa shape index (κ3) is 26.4. The number of carbonyl (C=O) groups excluding carboxylic acids is 4. The van der Waals surface area contributed by atoms with Crippen LogP contribution in [0, 0.1) is 0 Å². The van der Waals surface area contributed by atoms with E-state index in [1.54, 1.807) is 146 Å². The summed E-state index contributed by atoms with van der Waals surface area (Å²) < 4.78 is 20.4. The van der Waals surface area contributed by atoms with Crippen molar-refractivity contribution in [2.24, 2.45) is 0 Å². The van der Waals surface area contributed by atoms with Gasteiger partial charge in [0.2, 0.25) is 0 Å². The number of nitrogens with zero attached hydrogens (tertiary/aromatic N) is 4. The fraction of sp³-hybridized carbons (Fsp3) is 0.0870. The van der Waals surface area contributed by atoms with Crippen molar-refractivity contribution in [3.8, 4) is 74.7 Å². The van der Waals surface area contributed by atoms with Crippen LogP contribution in [0.25, 0.3) is 24.3 Å². The van der Waals surface area contributed by atoms with Crippen molar-refractivity contribution < 1.29 is 105 Å². The van der Waals surface area contributed by atoms with Crippen molar-refractivity contribution in [2.45, 2.75) is 26.2 Å². The average molecular weight is 1580 g/mol. The van der Waals surface area contributed by atoms with Crippen LogP contribution in [0.1, 0.15) is 44.5 Å². The Labute approximate surface area is 673 Å². The van der Waals surface area contributed by atoms with Crippen LogP contribution < -0.4 is 18.9 Å². The molecule has 598 valence electrons. The molecular weight excluding hydrogens is 1500 g/mol. The summed E-state index contributed by atoms with van der Waals surface area (Å²) in [6.45, 7) is 0.403. The summed E-state index contributed by atoms with van der Waals surface area (Å²) in [7, 11) is 5.91. The van der Waals surface area contributed by atoms with Crippen LogP contribution in [0.5, 0.6) is 74.7 Å². The molecule has 0 radical (unpaired) electrons. The zero-order valence-corrected chi connectivity index (χ0v) is 63.6. The van der Waals surface area contributed by atoms with Gasteiger partial charge in [0.05, 0.1) is 54.6 Å². The normalized spacial score (nSPS) is 15.0. The maximum Gasteiger partial charge on any atom is 0.187 e. The van der Waals surface area contributed by atoms with E-state index in [4.69, 9.17) is 18.9 Å². The van der Waals surface area contributed by atoms with E-state index < -0.39 is 0 Å². The van der Waals surface area contributed by atoms with Gasteiger partial charge in [0.1, 0.15) is 17.2 Å². The number of ether oxygens (including phenoxy) is 4. The average Bonchev–Trinajstić information content (AvgIpc) is 0.840. The molecule has 13 N–H and O–H groups in total. The third-order valence-electron chi connectivity index (χ3n) is 17.2. The maximum absolute atomic E-state index is 12.1. The van der Waals surface area contributed by atoms with Gasteiger partial charge in [-0.2, -0.15) is 0 Å². The Kier molecular flexibility index (Phi) is 30.7. The van der Waals surface area contributed by atoms with Crippen LogP contribution >= 0.6 is 0 Å². The molecule has 0 spiro atoms. The number of hydrogen-bond acceptors (Lipinski definition) is 25. The second-order valence-electron chi connectivity index (χ2n) is 25.9. The predicted octanol–water partition coefficient (Wildman–Crippen LogP) is 15.5. The summed E-state index contributed by atoms with van der Waals surface area (Å²) >= 11 is 0. The fourth-order valence-corrected chi connectivity index (χ4v) is 11.1. The van der Waals surface area contributed by atoms with E-state index >= 15 is 0 Å². The summed E-state index contributed by atoms with van der Waals surface area (Å²) in [6.07, 6.45) is 39.0. The van der Waals surface area contributed by atoms with Gasteiger partial charge in [-0.05, 0) is 195 Å². The number of ketones is 4. The Balaban J connectivity index is 0.000000178. The minimum atomic E-state index is -0.289. The molecule has 4 aliphatic carbocycles. The topological polar surface area (TPSA) is 381 Å². The van der Waals surface area contributed by atoms with E-state index in [0.29, 0.717) is 45.3 Å². The minimum absolute atomic E-state index is 0.0145. The van der Waals surface area contributed by atoms with Crippen molar-refractivity contribution in [2.75, 3.05) is 28.4 Å². The highest BCUT2D eigenvalue weighted by Gasteiger charge is 2.18. The molecule has 25 nitrogen and oxygen atoms in total. The van der Waals surface area contributed by atoms with Gasteiger partial charge in [0.15, 0.2) is 80.6 Å². The van der Waals surface area contributed by atoms with Gasteiger partial charge in [0.25, 0.3) is 0 Å². The molecule has 0 aliphatic heterocycles. The number of benzene rings is 8. The number of allylic oxidation sites excluding steroid dienone is 24. The molecule has 117 heavy (non-hydrogen) atoms. The molecule has 8 aromatic carbocycles. The SMILES string of the molecule is COc1cc(/C=C/C2=CC(=CN(O)Cc3ccc(O)c(O)c3)C(=O)C=C2)ccc1O.COc1cc(/C=C/C2=CC(=CN(O)Cc3ccc(O)cc3)C(=O)C=C2)ccc1O.COc1cc(/C=C/C2=CC(=CN(O)Cc3ccc(O)cc3O)C(=O)C=C2)ccc1O.COc1cc(/C=C/C2=CC(=CN(O)Cc3ccccc3)C(=O)C=C2)ccc1O. The van der Waals surface area contributed by atoms with Gasteiger partial charge in [-0.1, -0.05) is 146 Å². The van der Waals surface area contributed by atoms with E-state index in [1.165, 1.54) is 132 Å². The Morgan fingerprint density at radius 2 is 0.573 bits per heavy atom. The number of phenols is 9. The minimum Gasteiger partial charge on any atom is -0.508 e. The molecule has 0 saturated carbocycles. The molecule has 0 heterocycles. The lowest BCUT2D eigenvalue weighted by molar-refractivity contribution is -0.112. The molecule has 0 amide bonds. The standard InChI is InChI=1S/2C23H21NO6.C23H21NO5.C23H21NO4/c1-30-23-11-16(5-9-21(23)27)3-2-15-4-8-20(26)18(10-15)14-24(29)13-17-6-7-19(25)12-22(17)28;1-30-23-12-16(5-9-21(23)27)3-2-15-4-7-19(25)18(10-15)14-24(29)13-17-6-8-20(26)22(28)11-17;1-29-23-13-17(7-11-22(23)27)3-2-16-6-10-21(26)19(12-16)15-24(28)14-18-4-8-20(25)9-5-18;1-28-23-14-18(10-12-22(23)26)8-7-17-9-11-21(25)20(13-17)16-24(27)15-19-5-3-2-4-6-19/h2-12,14,25,27-29H,13H2,1H3;2-12,14,26-29H,13H2,1H3;2-13,15,25,27-28H,14H2,1H3;2-14,16,26-27H,15H2,1H3/b2*3-2+,18-14?;3-2+,19-15?;8-7+,20-16?. The molecule has 4 aliphatic rings. The van der Waals surface area contributed by atoms with Gasteiger partial charge in [0, 0.05) is 58.7 Å². The van der Waals surface area contributed by atoms with E-state index in [0.717, 1.165) is 75.9 Å². The molecule has 0 aromatic heterocycles. The van der Waals surface area contributed by atoms with Crippen LogP contribution in [-0.2, 0) is 45.4 Å². The maximum atomic E-state index is 12.1. The lowest BCUT2D eigenvalue weighted by Crippen LogP contribution is -2.14. The van der Waals surface area contributed by atoms with Crippen LogP contribution in [0.4, 0.5) is 0 Å². The first-order valence-electron chi connectivity index (χ1n) is 35.7. The van der Waals surface area contributed by atoms with Crippen molar-refractivity contribution in [1.82, 2.24) is 20.3 Å². The predicted molar refractivity (Wildman–Crippen MR) is 439 cm³/mol. The van der Waals surface area contributed by atoms with Gasteiger partial charge < -0.3 is 64.9 Å². The lowest BCUT2D eigenvalue weighted by Gasteiger charge is -2.15. The molecule has 0 fully saturated rings. The van der Waals surface area contributed by atoms with Crippen molar-refractivity contribution in [3.05, 3.63) is 375 Å². The van der Waals surface area contributed by atoms with Gasteiger partial charge in [-0.15, -0.1) is 0 Å². The van der Waals surface area contributed by atoms with Crippen LogP contribution in [0.15, 0.2) is 330 Å². The highest BCUT2D eigenvalue weighted by molar-refractivity contribution is 6.10. The summed E-state index contributed by atoms with van der Waals surface area (Å²) in [4.78, 5) is 48.5. The number of carbonyl (C=O) groups is 4. The lowest BCUT2D eigenvalue weighted by atomic mass is 10.0. The van der Waals surface area contributed by atoms with E-state index in [2.05, 4.69) is 0 Å². The second kappa shape index (κ2) is 41.8. The first-order valence-corrected chi connectivity index (χ1v) is 35.7. The summed E-state index contributed by atoms with van der Waals surface area (Å²) in [5.74, 6) is 0.170. The highest BCUT2D eigenvalue weighted by Crippen LogP contribution is 2.33. The molecule has 12 rings (SSSR count). The van der Waals surface area contributed by atoms with Gasteiger partial charge in [-0.3, -0.25) is 60.3 Å². The molecular formula is C92H84N4O21. The molecule has 0 bridgehead atoms. The van der Waals surface area contributed by atoms with Crippen LogP contribution in [-0.4, -0.2) is 139 Å². The van der Waals surface area contributed by atoms with E-state index in [9.17, 15) is 86.0 Å². The van der Waals surface area contributed by atoms with Crippen molar-refractivity contribution in [1.29, 1.82) is 0 Å². The quantitative estimate of drug-likeness (QED) is 0.0152. The van der Waals surface area contributed by atoms with Gasteiger partial charge >= 0.3 is 0 Å². The number of methoxy groups -OCH3 is 4. The third-order valence-corrected chi connectivity index (χ3v) is 17.2. The number of hydrogen-bond donors (Lipinski definition) is 13. The first kappa shape index (κ1) is 85.7. The first-order chi connectivity index (χ1) is 56.2. The fourth-order valence-electron chi connectivity index (χ4n) is 11.1. The van der Waals surface area contributed by atoms with Crippen molar-refractivity contribution >= 4 is 47.4 Å². The van der Waals surface area contributed by atoms with E-state index in [-0.39, 0.29) is 112 Å². The van der Waals surface area contributed by atoms with Crippen molar-refractivity contribution in [3.63, 3.8) is 0 Å². The monoisotopic (exact) mass is 1580 g/mol. The Bertz CT molecular complexity index is 5500. The van der Waals surface area contributed by atoms with Crippen LogP contribution in [0.3, 0.4) is 0 Å². The summed E-state index contributed by atoms with van der Waals surface area (Å²) in [6, 6.07) is 44.1. The zero-order chi connectivity index (χ0) is 84.1. The van der Waals surface area contributed by atoms with Crippen LogP contribution in [0.2, 0.25) is 0 Å². The number of aromatic hydroxyl groups is 9. The number of hydroxylamine groups is 8. The molecule has 25 heteroatoms. The Morgan fingerprint density at radius 1 is 0.274 bits per heavy atom. The summed E-state index contributed by atoms with van der Waals surface area (Å²) in [5, 5.41) is 130. The molecule has 0 saturated heterocycles. The summed E-state index contributed by atoms with van der Waals surface area (Å²) in [5.41, 5.74) is 10.3. The number of rotatable bonds is 24. The molecule has 0 atom stereocenters.